The van der Waals surface area contributed by atoms with Gasteiger partial charge in [0, 0.05) is 18.4 Å². The normalized spacial score (nSPS) is 16.1. The van der Waals surface area contributed by atoms with Gasteiger partial charge in [-0.2, -0.15) is 0 Å². The molecule has 1 aliphatic rings. The van der Waals surface area contributed by atoms with E-state index in [-0.39, 0.29) is 42.4 Å². The van der Waals surface area contributed by atoms with Gasteiger partial charge in [-0.05, 0) is 32.3 Å². The molecule has 0 bridgehead atoms. The van der Waals surface area contributed by atoms with Gasteiger partial charge in [0.1, 0.15) is 6.54 Å². The van der Waals surface area contributed by atoms with Crippen LogP contribution < -0.4 is 21.9 Å². The predicted octanol–water partition coefficient (Wildman–Crippen LogP) is 0.530. The van der Waals surface area contributed by atoms with E-state index in [9.17, 15) is 9.59 Å². The van der Waals surface area contributed by atoms with E-state index < -0.39 is 0 Å². The van der Waals surface area contributed by atoms with E-state index in [1.165, 1.54) is 20.8 Å². The molecule has 166 valence electrons. The molecular weight excluding hydrogens is 398 g/mol. The molecule has 0 spiro atoms. The summed E-state index contributed by atoms with van der Waals surface area (Å²) in [5.74, 6) is -0.220. The van der Waals surface area contributed by atoms with Gasteiger partial charge >= 0.3 is 0 Å². The molecule has 10 nitrogen and oxygen atoms in total. The summed E-state index contributed by atoms with van der Waals surface area (Å²) in [6.45, 7) is 4.89. The van der Waals surface area contributed by atoms with Gasteiger partial charge in [-0.3, -0.25) is 24.4 Å². The molecule has 1 aromatic heterocycles. The number of anilines is 1. The molecule has 1 unspecified atom stereocenters. The summed E-state index contributed by atoms with van der Waals surface area (Å²) < 4.78 is 1.41. The zero-order valence-corrected chi connectivity index (χ0v) is 17.9. The highest BCUT2D eigenvalue weighted by atomic mass is 16.7. The fourth-order valence-electron chi connectivity index (χ4n) is 3.40. The average molecular weight is 428 g/mol. The van der Waals surface area contributed by atoms with Gasteiger partial charge in [-0.15, -0.1) is 0 Å². The molecule has 1 aromatic carbocycles. The number of guanidine groups is 1. The third-order valence-electron chi connectivity index (χ3n) is 5.09. The Morgan fingerprint density at radius 1 is 1.39 bits per heavy atom. The maximum absolute atomic E-state index is 12.8. The zero-order chi connectivity index (χ0) is 22.4. The lowest BCUT2D eigenvalue weighted by Crippen LogP contribution is -2.50. The fourth-order valence-corrected chi connectivity index (χ4v) is 3.40. The highest BCUT2D eigenvalue weighted by Crippen LogP contribution is 2.07. The van der Waals surface area contributed by atoms with Crippen LogP contribution in [0.25, 0.3) is 0 Å². The van der Waals surface area contributed by atoms with E-state index in [2.05, 4.69) is 21.7 Å². The van der Waals surface area contributed by atoms with Gasteiger partial charge < -0.3 is 16.4 Å². The van der Waals surface area contributed by atoms with Crippen molar-refractivity contribution in [2.24, 2.45) is 5.73 Å². The van der Waals surface area contributed by atoms with E-state index in [1.807, 2.05) is 25.1 Å². The number of carbonyl (C=O) groups is 1. The van der Waals surface area contributed by atoms with E-state index in [1.54, 1.807) is 13.1 Å². The van der Waals surface area contributed by atoms with Crippen molar-refractivity contribution >= 4 is 17.7 Å². The summed E-state index contributed by atoms with van der Waals surface area (Å²) in [4.78, 5) is 34.9. The number of hydrogen-bond acceptors (Lipinski definition) is 6. The second-order valence-electron chi connectivity index (χ2n) is 7.64. The molecule has 1 atom stereocenters. The minimum Gasteiger partial charge on any atom is -0.368 e. The largest absolute Gasteiger partial charge is 0.368 e. The molecule has 3 rings (SSSR count). The molecule has 0 radical (unpaired) electrons. The molecule has 31 heavy (non-hydrogen) atoms. The first-order valence-electron chi connectivity index (χ1n) is 10.2. The molecule has 2 aromatic rings. The van der Waals surface area contributed by atoms with Gasteiger partial charge in [0.2, 0.25) is 11.9 Å². The number of nitrogens with two attached hydrogens (primary N) is 1. The molecule has 1 fully saturated rings. The standard InChI is InChI=1S/C21H29N7O3/c1-14-4-3-5-16(10-14)6-8-24-19-20(30)27(15(2)11-25-19)12-18(29)26-17-7-9-28(21(22)23)31-13-17/h3-5,10-11,17H,6-9,12-13H2,1-2H3,(H3,22,23)(H,24,25)(H,26,29). The zero-order valence-electron chi connectivity index (χ0n) is 17.9. The molecule has 5 N–H and O–H groups in total. The van der Waals surface area contributed by atoms with Crippen LogP contribution in [0.4, 0.5) is 5.82 Å². The van der Waals surface area contributed by atoms with Crippen LogP contribution in [0.2, 0.25) is 0 Å². The van der Waals surface area contributed by atoms with Crippen LogP contribution in [-0.2, 0) is 22.6 Å². The highest BCUT2D eigenvalue weighted by molar-refractivity contribution is 5.76. The Morgan fingerprint density at radius 3 is 2.87 bits per heavy atom. The van der Waals surface area contributed by atoms with Crippen LogP contribution in [0, 0.1) is 19.3 Å². The Kier molecular flexibility index (Phi) is 7.24. The summed E-state index contributed by atoms with van der Waals surface area (Å²) in [5, 5.41) is 14.6. The average Bonchev–Trinajstić information content (AvgIpc) is 2.73. The third kappa shape index (κ3) is 6.05. The fraction of sp³-hybridized carbons (Fsp3) is 0.429. The second kappa shape index (κ2) is 10.1. The number of hydroxylamine groups is 2. The van der Waals surface area contributed by atoms with Crippen LogP contribution in [-0.4, -0.2) is 52.2 Å². The summed E-state index contributed by atoms with van der Waals surface area (Å²) in [6.07, 6.45) is 2.94. The van der Waals surface area contributed by atoms with Crippen molar-refractivity contribution < 1.29 is 9.63 Å². The number of nitrogens with one attached hydrogen (secondary N) is 3. The quantitative estimate of drug-likeness (QED) is 0.373. The van der Waals surface area contributed by atoms with Crippen molar-refractivity contribution in [2.75, 3.05) is 25.0 Å². The first kappa shape index (κ1) is 22.3. The van der Waals surface area contributed by atoms with Gasteiger partial charge in [-0.25, -0.2) is 10.0 Å². The molecule has 10 heteroatoms. The smallest absolute Gasteiger partial charge is 0.293 e. The third-order valence-corrected chi connectivity index (χ3v) is 5.09. The monoisotopic (exact) mass is 427 g/mol. The van der Waals surface area contributed by atoms with Gasteiger partial charge in [0.05, 0.1) is 19.2 Å². The van der Waals surface area contributed by atoms with Crippen molar-refractivity contribution in [1.29, 1.82) is 5.41 Å². The molecule has 2 heterocycles. The Bertz CT molecular complexity index is 997. The van der Waals surface area contributed by atoms with E-state index >= 15 is 0 Å². The Labute approximate surface area is 180 Å². The Morgan fingerprint density at radius 2 is 2.19 bits per heavy atom. The summed E-state index contributed by atoms with van der Waals surface area (Å²) in [7, 11) is 0. The summed E-state index contributed by atoms with van der Waals surface area (Å²) >= 11 is 0. The van der Waals surface area contributed by atoms with Crippen LogP contribution >= 0.6 is 0 Å². The Balaban J connectivity index is 1.56. The molecule has 1 aliphatic heterocycles. The van der Waals surface area contributed by atoms with Gasteiger partial charge in [-0.1, -0.05) is 29.8 Å². The maximum Gasteiger partial charge on any atom is 0.293 e. The minimum atomic E-state index is -0.331. The molecule has 1 amide bonds. The number of hydrogen-bond donors (Lipinski definition) is 4. The Hall–Kier alpha value is -3.40. The first-order valence-corrected chi connectivity index (χ1v) is 10.2. The van der Waals surface area contributed by atoms with Crippen LogP contribution in [0.3, 0.4) is 0 Å². The number of carbonyl (C=O) groups excluding carboxylic acids is 1. The number of rotatable bonds is 7. The van der Waals surface area contributed by atoms with Crippen LogP contribution in [0.15, 0.2) is 35.3 Å². The van der Waals surface area contributed by atoms with E-state index in [0.717, 1.165) is 6.42 Å². The predicted molar refractivity (Wildman–Crippen MR) is 118 cm³/mol. The van der Waals surface area contributed by atoms with Crippen LogP contribution in [0.1, 0.15) is 23.2 Å². The van der Waals surface area contributed by atoms with Crippen molar-refractivity contribution in [3.05, 3.63) is 57.6 Å². The molecule has 1 saturated heterocycles. The van der Waals surface area contributed by atoms with Gasteiger partial charge in [0.15, 0.2) is 5.82 Å². The molecule has 0 saturated carbocycles. The van der Waals surface area contributed by atoms with Crippen molar-refractivity contribution in [3.63, 3.8) is 0 Å². The van der Waals surface area contributed by atoms with Crippen molar-refractivity contribution in [1.82, 2.24) is 19.9 Å². The number of amides is 1. The first-order chi connectivity index (χ1) is 14.8. The number of aromatic nitrogens is 2. The summed E-state index contributed by atoms with van der Waals surface area (Å²) in [5.41, 5.74) is 8.03. The number of benzene rings is 1. The lowest BCUT2D eigenvalue weighted by molar-refractivity contribution is -0.143. The SMILES string of the molecule is Cc1cccc(CCNc2ncc(C)n(CC(=O)NC3CCN(C(=N)N)OC3)c2=O)c1. The maximum atomic E-state index is 12.8. The minimum absolute atomic E-state index is 0.104. The van der Waals surface area contributed by atoms with Gasteiger partial charge in [0.25, 0.3) is 5.56 Å². The van der Waals surface area contributed by atoms with E-state index in [4.69, 9.17) is 16.0 Å². The lowest BCUT2D eigenvalue weighted by atomic mass is 10.1. The lowest BCUT2D eigenvalue weighted by Gasteiger charge is -2.31. The molecule has 0 aliphatic carbocycles. The topological polar surface area (TPSA) is 138 Å². The number of aryl methyl sites for hydroxylation is 2. The molecular formula is C21H29N7O3. The van der Waals surface area contributed by atoms with E-state index in [0.29, 0.717) is 25.2 Å². The highest BCUT2D eigenvalue weighted by Gasteiger charge is 2.23. The van der Waals surface area contributed by atoms with Crippen molar-refractivity contribution in [3.8, 4) is 0 Å². The number of nitrogens with zero attached hydrogens (tertiary/aromatic N) is 3. The van der Waals surface area contributed by atoms with Crippen molar-refractivity contribution in [2.45, 2.75) is 39.3 Å². The second-order valence-corrected chi connectivity index (χ2v) is 7.64. The summed E-state index contributed by atoms with van der Waals surface area (Å²) in [6, 6.07) is 8.01. The van der Waals surface area contributed by atoms with Crippen LogP contribution in [0.5, 0.6) is 0 Å².